The number of carbonyl (C=O) groups excluding carboxylic acids is 2. The fraction of sp³-hybridized carbons (Fsp3) is 0.905. The van der Waals surface area contributed by atoms with Crippen molar-refractivity contribution in [2.45, 2.75) is 95.6 Å². The van der Waals surface area contributed by atoms with Gasteiger partial charge in [0.05, 0.1) is 18.8 Å². The van der Waals surface area contributed by atoms with Crippen LogP contribution in [-0.2, 0) is 23.8 Å². The Balaban J connectivity index is 1.89. The summed E-state index contributed by atoms with van der Waals surface area (Å²) in [5, 5.41) is 34.4. The summed E-state index contributed by atoms with van der Waals surface area (Å²) < 4.78 is 17.1. The molecule has 0 aromatic rings. The minimum absolute atomic E-state index is 0.0803. The molecule has 164 valence electrons. The highest BCUT2D eigenvalue weighted by Gasteiger charge is 2.77. The molecule has 2 aliphatic carbocycles. The Hall–Kier alpha value is -1.06. The molecular weight excluding hydrogens is 380 g/mol. The summed E-state index contributed by atoms with van der Waals surface area (Å²) in [6, 6.07) is 0. The van der Waals surface area contributed by atoms with Gasteiger partial charge in [-0.05, 0) is 25.2 Å². The number of ether oxygens (including phenoxy) is 3. The van der Waals surface area contributed by atoms with Gasteiger partial charge in [0.15, 0.2) is 17.5 Å². The highest BCUT2D eigenvalue weighted by atomic mass is 16.6. The maximum Gasteiger partial charge on any atom is 0.303 e. The van der Waals surface area contributed by atoms with Gasteiger partial charge in [-0.15, -0.1) is 0 Å². The molecule has 9 atom stereocenters. The van der Waals surface area contributed by atoms with E-state index in [1.807, 2.05) is 13.8 Å². The zero-order valence-electron chi connectivity index (χ0n) is 17.7. The first kappa shape index (κ1) is 21.2. The highest BCUT2D eigenvalue weighted by Crippen LogP contribution is 2.64. The van der Waals surface area contributed by atoms with E-state index in [1.54, 1.807) is 13.8 Å². The number of aliphatic hydroxyl groups is 3. The van der Waals surface area contributed by atoms with Crippen LogP contribution in [-0.4, -0.2) is 75.4 Å². The topological polar surface area (TPSA) is 126 Å². The van der Waals surface area contributed by atoms with Gasteiger partial charge in [-0.2, -0.15) is 0 Å². The molecule has 0 amide bonds. The average Bonchev–Trinajstić information content (AvgIpc) is 3.44. The molecule has 4 unspecified atom stereocenters. The maximum atomic E-state index is 13.5. The molecule has 8 heteroatoms. The zero-order chi connectivity index (χ0) is 21.6. The predicted octanol–water partition coefficient (Wildman–Crippen LogP) is 0.343. The molecule has 2 heterocycles. The van der Waals surface area contributed by atoms with Gasteiger partial charge < -0.3 is 29.5 Å². The van der Waals surface area contributed by atoms with Crippen LogP contribution >= 0.6 is 0 Å². The molecule has 2 aliphatic heterocycles. The molecule has 29 heavy (non-hydrogen) atoms. The smallest absolute Gasteiger partial charge is 0.303 e. The van der Waals surface area contributed by atoms with Crippen molar-refractivity contribution in [3.8, 4) is 0 Å². The van der Waals surface area contributed by atoms with Gasteiger partial charge in [0.2, 0.25) is 0 Å². The van der Waals surface area contributed by atoms with Gasteiger partial charge in [-0.3, -0.25) is 9.59 Å². The fourth-order valence-electron chi connectivity index (χ4n) is 6.51. The van der Waals surface area contributed by atoms with E-state index < -0.39 is 64.1 Å². The first-order valence-corrected chi connectivity index (χ1v) is 10.4. The number of ketones is 1. The van der Waals surface area contributed by atoms with Gasteiger partial charge in [0, 0.05) is 24.7 Å². The Kier molecular flexibility index (Phi) is 4.55. The van der Waals surface area contributed by atoms with E-state index in [1.165, 1.54) is 6.92 Å². The molecule has 0 spiro atoms. The van der Waals surface area contributed by atoms with Gasteiger partial charge >= 0.3 is 5.97 Å². The number of epoxide rings is 1. The van der Waals surface area contributed by atoms with E-state index >= 15 is 0 Å². The van der Waals surface area contributed by atoms with E-state index in [4.69, 9.17) is 14.2 Å². The molecule has 0 radical (unpaired) electrons. The van der Waals surface area contributed by atoms with E-state index in [9.17, 15) is 24.9 Å². The normalized spacial score (nSPS) is 53.6. The van der Waals surface area contributed by atoms with Gasteiger partial charge in [-0.1, -0.05) is 20.8 Å². The van der Waals surface area contributed by atoms with Crippen molar-refractivity contribution in [3.05, 3.63) is 0 Å². The van der Waals surface area contributed by atoms with Crippen LogP contribution in [0.2, 0.25) is 0 Å². The van der Waals surface area contributed by atoms with Crippen LogP contribution in [0.25, 0.3) is 0 Å². The molecule has 4 aliphatic rings. The van der Waals surface area contributed by atoms with E-state index in [0.717, 1.165) is 0 Å². The third kappa shape index (κ3) is 2.69. The first-order chi connectivity index (χ1) is 13.3. The minimum Gasteiger partial charge on any atom is -0.457 e. The number of rotatable bonds is 2. The standard InChI is InChI=1S/C21H32O8/c1-10(22)28-15-14(25)16-18(2,3)7-6-11(23)20(16,5)21(26)12(24)8-19(4,13-9-27-13)29-17(15)21/h11,13-17,23,25-26H,6-9H2,1-5H3/t11-,13?,14?,15?,16-,17+,19+,20?,21+/m0/s1. The first-order valence-electron chi connectivity index (χ1n) is 10.4. The summed E-state index contributed by atoms with van der Waals surface area (Å²) in [6.07, 6.45) is -4.17. The van der Waals surface area contributed by atoms with Crippen LogP contribution in [0.4, 0.5) is 0 Å². The summed E-state index contributed by atoms with van der Waals surface area (Å²) in [5.41, 5.74) is -4.97. The number of Topliss-reactive ketones (excluding diaryl/α,β-unsaturated/α-hetero) is 1. The Morgan fingerprint density at radius 3 is 2.38 bits per heavy atom. The van der Waals surface area contributed by atoms with Crippen LogP contribution < -0.4 is 0 Å². The number of aliphatic hydroxyl groups excluding tert-OH is 2. The lowest BCUT2D eigenvalue weighted by atomic mass is 9.42. The van der Waals surface area contributed by atoms with Gasteiger partial charge in [0.1, 0.15) is 17.8 Å². The van der Waals surface area contributed by atoms with Gasteiger partial charge in [0.25, 0.3) is 0 Å². The highest BCUT2D eigenvalue weighted by molar-refractivity contribution is 5.91. The van der Waals surface area contributed by atoms with Crippen molar-refractivity contribution < 1.29 is 39.1 Å². The van der Waals surface area contributed by atoms with E-state index in [0.29, 0.717) is 19.4 Å². The number of esters is 1. The van der Waals surface area contributed by atoms with Crippen LogP contribution in [0.15, 0.2) is 0 Å². The third-order valence-electron chi connectivity index (χ3n) is 8.10. The lowest BCUT2D eigenvalue weighted by Crippen LogP contribution is -2.82. The summed E-state index contributed by atoms with van der Waals surface area (Å²) in [7, 11) is 0. The summed E-state index contributed by atoms with van der Waals surface area (Å²) in [6.45, 7) is 8.92. The SMILES string of the molecule is CC(=O)OC1C(O)[C@H]2C(C)(C)CC[C@H](O)C2(C)[C@@]2(O)C(=O)C[C@](C)(C3CO3)O[C@H]12. The van der Waals surface area contributed by atoms with Gasteiger partial charge in [-0.25, -0.2) is 0 Å². The van der Waals surface area contributed by atoms with E-state index in [2.05, 4.69) is 0 Å². The largest absolute Gasteiger partial charge is 0.457 e. The van der Waals surface area contributed by atoms with E-state index in [-0.39, 0.29) is 12.5 Å². The van der Waals surface area contributed by atoms with Crippen LogP contribution in [0.5, 0.6) is 0 Å². The predicted molar refractivity (Wildman–Crippen MR) is 99.8 cm³/mol. The lowest BCUT2D eigenvalue weighted by Gasteiger charge is -2.67. The van der Waals surface area contributed by atoms with Crippen LogP contribution in [0.3, 0.4) is 0 Å². The van der Waals surface area contributed by atoms with Crippen molar-refractivity contribution in [1.82, 2.24) is 0 Å². The van der Waals surface area contributed by atoms with Crippen molar-refractivity contribution in [1.29, 1.82) is 0 Å². The summed E-state index contributed by atoms with van der Waals surface area (Å²) >= 11 is 0. The molecule has 2 saturated heterocycles. The average molecular weight is 412 g/mol. The Morgan fingerprint density at radius 2 is 1.83 bits per heavy atom. The second kappa shape index (κ2) is 6.23. The number of fused-ring (bicyclic) bond motifs is 3. The molecule has 8 nitrogen and oxygen atoms in total. The van der Waals surface area contributed by atoms with Crippen LogP contribution in [0.1, 0.15) is 53.9 Å². The molecule has 2 saturated carbocycles. The zero-order valence-corrected chi connectivity index (χ0v) is 17.7. The quantitative estimate of drug-likeness (QED) is 0.438. The molecule has 4 rings (SSSR count). The Labute approximate surface area is 170 Å². The lowest BCUT2D eigenvalue weighted by molar-refractivity contribution is -0.341. The Morgan fingerprint density at radius 1 is 1.21 bits per heavy atom. The summed E-state index contributed by atoms with van der Waals surface area (Å²) in [5.74, 6) is -1.79. The number of carbonyl (C=O) groups is 2. The van der Waals surface area contributed by atoms with Crippen molar-refractivity contribution in [2.24, 2.45) is 16.7 Å². The van der Waals surface area contributed by atoms with Crippen molar-refractivity contribution in [2.75, 3.05) is 6.61 Å². The monoisotopic (exact) mass is 412 g/mol. The molecular formula is C21H32O8. The molecule has 0 aromatic carbocycles. The van der Waals surface area contributed by atoms with Crippen molar-refractivity contribution >= 4 is 11.8 Å². The Bertz CT molecular complexity index is 732. The van der Waals surface area contributed by atoms with Crippen molar-refractivity contribution in [3.63, 3.8) is 0 Å². The molecule has 4 fully saturated rings. The maximum absolute atomic E-state index is 13.5. The molecule has 0 aromatic heterocycles. The van der Waals surface area contributed by atoms with Crippen LogP contribution in [0, 0.1) is 16.7 Å². The summed E-state index contributed by atoms with van der Waals surface area (Å²) in [4.78, 5) is 25.4. The molecule has 3 N–H and O–H groups in total. The number of hydrogen-bond acceptors (Lipinski definition) is 8. The second-order valence-corrected chi connectivity index (χ2v) is 10.4. The minimum atomic E-state index is -2.11. The third-order valence-corrected chi connectivity index (χ3v) is 8.10. The fourth-order valence-corrected chi connectivity index (χ4v) is 6.51. The second-order valence-electron chi connectivity index (χ2n) is 10.4. The number of hydrogen-bond donors (Lipinski definition) is 3. The molecule has 0 bridgehead atoms.